The summed E-state index contributed by atoms with van der Waals surface area (Å²) in [5, 5.41) is 0.264. The Morgan fingerprint density at radius 1 is 1.47 bits per heavy atom. The van der Waals surface area contributed by atoms with E-state index < -0.39 is 0 Å². The van der Waals surface area contributed by atoms with Crippen LogP contribution < -0.4 is 5.73 Å². The van der Waals surface area contributed by atoms with Gasteiger partial charge in [0.2, 0.25) is 0 Å². The van der Waals surface area contributed by atoms with Crippen LogP contribution in [0.4, 0.5) is 4.39 Å². The van der Waals surface area contributed by atoms with Crippen LogP contribution in [0.2, 0.25) is 5.02 Å². The fraction of sp³-hybridized carbons (Fsp3) is 0.500. The lowest BCUT2D eigenvalue weighted by Gasteiger charge is -2.43. The van der Waals surface area contributed by atoms with Gasteiger partial charge in [-0.05, 0) is 37.0 Å². The van der Waals surface area contributed by atoms with E-state index in [1.807, 2.05) is 6.92 Å². The van der Waals surface area contributed by atoms with Crippen LogP contribution in [0.1, 0.15) is 30.4 Å². The van der Waals surface area contributed by atoms with Gasteiger partial charge in [0.25, 0.3) is 0 Å². The van der Waals surface area contributed by atoms with Crippen molar-refractivity contribution < 1.29 is 4.39 Å². The minimum absolute atomic E-state index is 0.0662. The Kier molecular flexibility index (Phi) is 2.73. The molecular formula is C12H15ClFN. The first-order valence-electron chi connectivity index (χ1n) is 5.26. The normalized spacial score (nSPS) is 18.7. The van der Waals surface area contributed by atoms with Crippen molar-refractivity contribution in [1.82, 2.24) is 0 Å². The summed E-state index contributed by atoms with van der Waals surface area (Å²) >= 11 is 6.04. The number of rotatable bonds is 2. The molecular weight excluding hydrogens is 213 g/mol. The molecule has 2 rings (SSSR count). The number of nitrogens with two attached hydrogens (primary N) is 1. The van der Waals surface area contributed by atoms with Gasteiger partial charge in [-0.1, -0.05) is 24.1 Å². The summed E-state index contributed by atoms with van der Waals surface area (Å²) in [6.07, 6.45) is 3.20. The second-order valence-electron chi connectivity index (χ2n) is 4.39. The van der Waals surface area contributed by atoms with Crippen molar-refractivity contribution in [2.24, 2.45) is 5.73 Å². The van der Waals surface area contributed by atoms with Gasteiger partial charge in [-0.15, -0.1) is 0 Å². The van der Waals surface area contributed by atoms with Crippen molar-refractivity contribution in [2.75, 3.05) is 6.54 Å². The molecule has 2 N–H and O–H groups in total. The summed E-state index contributed by atoms with van der Waals surface area (Å²) in [5.41, 5.74) is 7.72. The molecule has 0 radical (unpaired) electrons. The van der Waals surface area contributed by atoms with Crippen molar-refractivity contribution in [3.05, 3.63) is 34.1 Å². The Labute approximate surface area is 94.4 Å². The van der Waals surface area contributed by atoms with Gasteiger partial charge in [0, 0.05) is 12.0 Å². The SMILES string of the molecule is Cc1ccc(F)c(Cl)c1C1(CN)CCC1. The highest BCUT2D eigenvalue weighted by Gasteiger charge is 2.40. The summed E-state index contributed by atoms with van der Waals surface area (Å²) in [5.74, 6) is -0.336. The Hall–Kier alpha value is -0.600. The van der Waals surface area contributed by atoms with Crippen molar-refractivity contribution in [2.45, 2.75) is 31.6 Å². The summed E-state index contributed by atoms with van der Waals surface area (Å²) in [4.78, 5) is 0. The van der Waals surface area contributed by atoms with E-state index in [2.05, 4.69) is 0 Å². The molecule has 1 aromatic rings. The smallest absolute Gasteiger partial charge is 0.142 e. The summed E-state index contributed by atoms with van der Waals surface area (Å²) in [7, 11) is 0. The van der Waals surface area contributed by atoms with E-state index >= 15 is 0 Å². The quantitative estimate of drug-likeness (QED) is 0.825. The number of aryl methyl sites for hydroxylation is 1. The zero-order chi connectivity index (χ0) is 11.1. The molecule has 0 amide bonds. The highest BCUT2D eigenvalue weighted by atomic mass is 35.5. The third-order valence-corrected chi connectivity index (χ3v) is 3.90. The van der Waals surface area contributed by atoms with Crippen LogP contribution in [0.15, 0.2) is 12.1 Å². The lowest BCUT2D eigenvalue weighted by molar-refractivity contribution is 0.251. The van der Waals surface area contributed by atoms with E-state index in [0.717, 1.165) is 30.4 Å². The van der Waals surface area contributed by atoms with E-state index in [0.29, 0.717) is 6.54 Å². The van der Waals surface area contributed by atoms with E-state index in [4.69, 9.17) is 17.3 Å². The maximum Gasteiger partial charge on any atom is 0.142 e. The molecule has 1 fully saturated rings. The van der Waals surface area contributed by atoms with Gasteiger partial charge in [0.05, 0.1) is 5.02 Å². The predicted octanol–water partition coefficient (Wildman–Crippen LogP) is 3.17. The topological polar surface area (TPSA) is 26.0 Å². The van der Waals surface area contributed by atoms with E-state index in [1.165, 1.54) is 6.07 Å². The largest absolute Gasteiger partial charge is 0.330 e. The van der Waals surface area contributed by atoms with Crippen molar-refractivity contribution in [3.63, 3.8) is 0 Å². The van der Waals surface area contributed by atoms with Crippen LogP contribution in [0, 0.1) is 12.7 Å². The van der Waals surface area contributed by atoms with Gasteiger partial charge in [0.1, 0.15) is 5.82 Å². The number of benzene rings is 1. The minimum Gasteiger partial charge on any atom is -0.330 e. The van der Waals surface area contributed by atoms with Gasteiger partial charge < -0.3 is 5.73 Å². The number of halogens is 2. The predicted molar refractivity (Wildman–Crippen MR) is 60.7 cm³/mol. The molecule has 0 aromatic heterocycles. The summed E-state index contributed by atoms with van der Waals surface area (Å²) in [6.45, 7) is 2.52. The minimum atomic E-state index is -0.336. The summed E-state index contributed by atoms with van der Waals surface area (Å²) < 4.78 is 13.4. The lowest BCUT2D eigenvalue weighted by Crippen LogP contribution is -2.42. The fourth-order valence-electron chi connectivity index (χ4n) is 2.46. The van der Waals surface area contributed by atoms with Crippen molar-refractivity contribution in [1.29, 1.82) is 0 Å². The van der Waals surface area contributed by atoms with Gasteiger partial charge in [-0.25, -0.2) is 4.39 Å². The highest BCUT2D eigenvalue weighted by molar-refractivity contribution is 6.31. The van der Waals surface area contributed by atoms with Crippen LogP contribution in [0.25, 0.3) is 0 Å². The first kappa shape index (κ1) is 10.9. The Morgan fingerprint density at radius 3 is 2.60 bits per heavy atom. The third-order valence-electron chi connectivity index (χ3n) is 3.53. The number of hydrogen-bond acceptors (Lipinski definition) is 1. The Balaban J connectivity index is 2.55. The zero-order valence-electron chi connectivity index (χ0n) is 8.82. The maximum atomic E-state index is 13.4. The molecule has 3 heteroatoms. The van der Waals surface area contributed by atoms with Crippen molar-refractivity contribution >= 4 is 11.6 Å². The third kappa shape index (κ3) is 1.56. The Morgan fingerprint density at radius 2 is 2.13 bits per heavy atom. The molecule has 0 bridgehead atoms. The van der Waals surface area contributed by atoms with Crippen LogP contribution in [-0.4, -0.2) is 6.54 Å². The van der Waals surface area contributed by atoms with Gasteiger partial charge in [0.15, 0.2) is 0 Å². The van der Waals surface area contributed by atoms with E-state index in [9.17, 15) is 4.39 Å². The molecule has 15 heavy (non-hydrogen) atoms. The molecule has 1 saturated carbocycles. The molecule has 0 saturated heterocycles. The fourth-order valence-corrected chi connectivity index (χ4v) is 2.87. The van der Waals surface area contributed by atoms with Gasteiger partial charge in [-0.3, -0.25) is 0 Å². The average molecular weight is 228 g/mol. The van der Waals surface area contributed by atoms with Crippen LogP contribution in [-0.2, 0) is 5.41 Å². The van der Waals surface area contributed by atoms with Crippen LogP contribution in [0.5, 0.6) is 0 Å². The van der Waals surface area contributed by atoms with E-state index in [-0.39, 0.29) is 16.3 Å². The molecule has 0 unspecified atom stereocenters. The number of hydrogen-bond donors (Lipinski definition) is 1. The molecule has 0 heterocycles. The highest BCUT2D eigenvalue weighted by Crippen LogP contribution is 2.47. The van der Waals surface area contributed by atoms with Gasteiger partial charge >= 0.3 is 0 Å². The van der Waals surface area contributed by atoms with Gasteiger partial charge in [-0.2, -0.15) is 0 Å². The second-order valence-corrected chi connectivity index (χ2v) is 4.77. The molecule has 0 atom stereocenters. The van der Waals surface area contributed by atoms with Crippen LogP contribution >= 0.6 is 11.6 Å². The Bertz CT molecular complexity index is 380. The summed E-state index contributed by atoms with van der Waals surface area (Å²) in [6, 6.07) is 3.20. The second kappa shape index (κ2) is 3.76. The molecule has 1 aliphatic rings. The monoisotopic (exact) mass is 227 g/mol. The average Bonchev–Trinajstić information content (AvgIpc) is 2.16. The van der Waals surface area contributed by atoms with E-state index in [1.54, 1.807) is 6.07 Å². The molecule has 1 aliphatic carbocycles. The van der Waals surface area contributed by atoms with Crippen LogP contribution in [0.3, 0.4) is 0 Å². The zero-order valence-corrected chi connectivity index (χ0v) is 9.57. The van der Waals surface area contributed by atoms with Crippen molar-refractivity contribution in [3.8, 4) is 0 Å². The molecule has 82 valence electrons. The molecule has 1 nitrogen and oxygen atoms in total. The maximum absolute atomic E-state index is 13.4. The first-order valence-corrected chi connectivity index (χ1v) is 5.64. The first-order chi connectivity index (χ1) is 7.10. The molecule has 0 spiro atoms. The molecule has 1 aromatic carbocycles. The lowest BCUT2D eigenvalue weighted by atomic mass is 9.63. The standard InChI is InChI=1S/C12H15ClFN/c1-8-3-4-9(14)11(13)10(8)12(7-15)5-2-6-12/h3-4H,2,5-7,15H2,1H3. The molecule has 0 aliphatic heterocycles.